The number of nitrogens with zero attached hydrogens (tertiary/aromatic N) is 1. The van der Waals surface area contributed by atoms with Crippen molar-refractivity contribution in [3.8, 4) is 11.1 Å². The van der Waals surface area contributed by atoms with Crippen molar-refractivity contribution in [2.75, 3.05) is 4.90 Å². The summed E-state index contributed by atoms with van der Waals surface area (Å²) in [7, 11) is 0. The number of rotatable bonds is 7. The lowest BCUT2D eigenvalue weighted by molar-refractivity contribution is 0.579. The van der Waals surface area contributed by atoms with Gasteiger partial charge in [-0.15, -0.1) is 0 Å². The summed E-state index contributed by atoms with van der Waals surface area (Å²) in [6, 6.07) is 41.5. The summed E-state index contributed by atoms with van der Waals surface area (Å²) in [6.45, 7) is 15.0. The van der Waals surface area contributed by atoms with E-state index in [1.807, 2.05) is 50.4 Å². The zero-order valence-electron chi connectivity index (χ0n) is 31.2. The van der Waals surface area contributed by atoms with E-state index in [1.165, 1.54) is 69.9 Å². The number of hydrogen-bond acceptors (Lipinski definition) is 3. The number of allylic oxidation sites excluding steroid dienone is 7. The topological polar surface area (TPSA) is 3.24 Å². The molecule has 262 valence electrons. The third kappa shape index (κ3) is 6.89. The minimum atomic E-state index is -0.102. The molecule has 0 amide bonds. The van der Waals surface area contributed by atoms with Crippen molar-refractivity contribution < 1.29 is 0 Å². The van der Waals surface area contributed by atoms with E-state index in [0.29, 0.717) is 6.04 Å². The van der Waals surface area contributed by atoms with Crippen LogP contribution in [0.25, 0.3) is 22.3 Å². The largest absolute Gasteiger partial charge is 0.338 e. The molecule has 5 aromatic carbocycles. The first-order valence-corrected chi connectivity index (χ1v) is 20.5. The number of hydrogen-bond donors (Lipinski definition) is 0. The molecule has 0 fully saturated rings. The van der Waals surface area contributed by atoms with Crippen LogP contribution in [0.3, 0.4) is 0 Å². The Balaban J connectivity index is 0.00000207. The van der Waals surface area contributed by atoms with Gasteiger partial charge in [0.2, 0.25) is 0 Å². The summed E-state index contributed by atoms with van der Waals surface area (Å²) in [5.74, 6) is 0. The molecule has 1 aliphatic heterocycles. The fourth-order valence-electron chi connectivity index (χ4n) is 7.95. The zero-order chi connectivity index (χ0) is 36.2. The average molecular weight is 716 g/mol. The van der Waals surface area contributed by atoms with Crippen LogP contribution in [0.4, 0.5) is 11.4 Å². The van der Waals surface area contributed by atoms with Crippen LogP contribution in [-0.2, 0) is 5.41 Å². The van der Waals surface area contributed by atoms with Gasteiger partial charge >= 0.3 is 0 Å². The highest BCUT2D eigenvalue weighted by molar-refractivity contribution is 8.05. The molecular formula is C49H49NS2. The SMILES string of the molecule is C=C/C(=C\C=C/C)c1ccc(N(c2ccc3c(c2)C(C)(C)c2cc4c(cc2-3)Sc2ccccc2S4)C2CCC=C(c3ccccc3)CC2)cc1.CC. The summed E-state index contributed by atoms with van der Waals surface area (Å²) in [6.07, 6.45) is 15.1. The van der Waals surface area contributed by atoms with E-state index < -0.39 is 0 Å². The summed E-state index contributed by atoms with van der Waals surface area (Å²) in [5.41, 5.74) is 13.2. The van der Waals surface area contributed by atoms with Crippen LogP contribution in [0.5, 0.6) is 0 Å². The second-order valence-corrected chi connectivity index (χ2v) is 16.2. The quantitative estimate of drug-likeness (QED) is 0.152. The summed E-state index contributed by atoms with van der Waals surface area (Å²) in [4.78, 5) is 8.09. The molecular weight excluding hydrogens is 667 g/mol. The third-order valence-corrected chi connectivity index (χ3v) is 13.1. The van der Waals surface area contributed by atoms with Crippen LogP contribution in [0.2, 0.25) is 0 Å². The van der Waals surface area contributed by atoms with Gasteiger partial charge in [-0.2, -0.15) is 0 Å². The first-order chi connectivity index (χ1) is 25.4. The third-order valence-electron chi connectivity index (χ3n) is 10.6. The van der Waals surface area contributed by atoms with Crippen LogP contribution >= 0.6 is 23.5 Å². The van der Waals surface area contributed by atoms with Crippen LogP contribution in [0.1, 0.15) is 82.6 Å². The Kier molecular flexibility index (Phi) is 10.8. The molecule has 1 heterocycles. The molecule has 2 aliphatic carbocycles. The van der Waals surface area contributed by atoms with Crippen molar-refractivity contribution in [1.82, 2.24) is 0 Å². The Morgan fingerprint density at radius 3 is 2.08 bits per heavy atom. The van der Waals surface area contributed by atoms with Gasteiger partial charge in [-0.05, 0) is 126 Å². The van der Waals surface area contributed by atoms with Crippen LogP contribution in [-0.4, -0.2) is 6.04 Å². The molecule has 1 atom stereocenters. The Bertz CT molecular complexity index is 2170. The van der Waals surface area contributed by atoms with Gasteiger partial charge in [0.1, 0.15) is 0 Å². The Labute approximate surface area is 320 Å². The highest BCUT2D eigenvalue weighted by atomic mass is 32.2. The molecule has 0 saturated carbocycles. The van der Waals surface area contributed by atoms with Crippen molar-refractivity contribution in [3.63, 3.8) is 0 Å². The molecule has 0 N–H and O–H groups in total. The van der Waals surface area contributed by atoms with E-state index in [-0.39, 0.29) is 5.41 Å². The maximum atomic E-state index is 4.09. The van der Waals surface area contributed by atoms with Crippen molar-refractivity contribution in [3.05, 3.63) is 168 Å². The molecule has 8 rings (SSSR count). The first kappa shape index (κ1) is 35.9. The first-order valence-electron chi connectivity index (χ1n) is 18.8. The Hall–Kier alpha value is -4.44. The van der Waals surface area contributed by atoms with Gasteiger partial charge < -0.3 is 4.90 Å². The standard InChI is InChI=1S/C47H43NS2.C2H6/c1-5-7-14-32(6-2)35-22-25-37(26-23-35)48(36-18-13-17-34(21-24-36)33-15-9-8-10-16-33)38-27-28-39-40-30-45-46(31-42(40)47(3,4)41(39)29-38)50-44-20-12-11-19-43(44)49-45;1-2/h5-12,14-17,19-20,22-23,25-31,36H,2,13,18,21,24H2,1,3-4H3;1-2H3/b7-5-,32-14+;. The molecule has 3 aliphatic rings. The smallest absolute Gasteiger partial charge is 0.0416 e. The fourth-order valence-corrected chi connectivity index (χ4v) is 10.2. The van der Waals surface area contributed by atoms with Crippen LogP contribution in [0, 0.1) is 0 Å². The Morgan fingerprint density at radius 2 is 1.38 bits per heavy atom. The average Bonchev–Trinajstić information content (AvgIpc) is 3.31. The van der Waals surface area contributed by atoms with Gasteiger partial charge in [0.05, 0.1) is 0 Å². The van der Waals surface area contributed by atoms with E-state index in [1.54, 1.807) is 0 Å². The van der Waals surface area contributed by atoms with E-state index in [0.717, 1.165) is 31.3 Å². The fraction of sp³-hybridized carbons (Fsp3) is 0.224. The van der Waals surface area contributed by atoms with E-state index in [2.05, 4.69) is 159 Å². The van der Waals surface area contributed by atoms with E-state index in [4.69, 9.17) is 0 Å². The normalized spacial score (nSPS) is 17.1. The maximum absolute atomic E-state index is 4.09. The Morgan fingerprint density at radius 1 is 0.731 bits per heavy atom. The molecule has 0 bridgehead atoms. The van der Waals surface area contributed by atoms with E-state index >= 15 is 0 Å². The zero-order valence-corrected chi connectivity index (χ0v) is 32.8. The monoisotopic (exact) mass is 715 g/mol. The molecule has 0 saturated heterocycles. The second-order valence-electron chi connectivity index (χ2n) is 14.0. The highest BCUT2D eigenvalue weighted by Gasteiger charge is 2.38. The lowest BCUT2D eigenvalue weighted by Gasteiger charge is -2.35. The van der Waals surface area contributed by atoms with Gasteiger partial charge in [-0.1, -0.05) is 149 Å². The summed E-state index contributed by atoms with van der Waals surface area (Å²) in [5, 5.41) is 0. The second kappa shape index (κ2) is 15.7. The van der Waals surface area contributed by atoms with Crippen molar-refractivity contribution in [2.24, 2.45) is 0 Å². The van der Waals surface area contributed by atoms with Crippen molar-refractivity contribution in [2.45, 2.75) is 91.3 Å². The molecule has 52 heavy (non-hydrogen) atoms. The van der Waals surface area contributed by atoms with Gasteiger partial charge in [-0.3, -0.25) is 0 Å². The van der Waals surface area contributed by atoms with Crippen molar-refractivity contribution >= 4 is 46.0 Å². The molecule has 0 spiro atoms. The minimum absolute atomic E-state index is 0.102. The summed E-state index contributed by atoms with van der Waals surface area (Å²) < 4.78 is 0. The van der Waals surface area contributed by atoms with Crippen LogP contribution in [0.15, 0.2) is 166 Å². The number of fused-ring (bicyclic) bond motifs is 5. The molecule has 5 aromatic rings. The van der Waals surface area contributed by atoms with Gasteiger partial charge in [0.25, 0.3) is 0 Å². The molecule has 1 unspecified atom stereocenters. The number of benzene rings is 5. The van der Waals surface area contributed by atoms with Gasteiger partial charge in [0.15, 0.2) is 0 Å². The molecule has 3 heteroatoms. The summed E-state index contributed by atoms with van der Waals surface area (Å²) >= 11 is 3.82. The maximum Gasteiger partial charge on any atom is 0.0416 e. The predicted molar refractivity (Wildman–Crippen MR) is 228 cm³/mol. The molecule has 0 radical (unpaired) electrons. The molecule has 1 nitrogen and oxygen atoms in total. The van der Waals surface area contributed by atoms with Gasteiger partial charge in [0, 0.05) is 42.4 Å². The van der Waals surface area contributed by atoms with Gasteiger partial charge in [-0.25, -0.2) is 0 Å². The van der Waals surface area contributed by atoms with Crippen LogP contribution < -0.4 is 4.90 Å². The minimum Gasteiger partial charge on any atom is -0.338 e. The lowest BCUT2D eigenvalue weighted by atomic mass is 9.82. The van der Waals surface area contributed by atoms with Crippen molar-refractivity contribution in [1.29, 1.82) is 0 Å². The number of anilines is 2. The van der Waals surface area contributed by atoms with E-state index in [9.17, 15) is 0 Å². The molecule has 0 aromatic heterocycles. The highest BCUT2D eigenvalue weighted by Crippen LogP contribution is 2.56. The lowest BCUT2D eigenvalue weighted by Crippen LogP contribution is -2.31. The predicted octanol–water partition coefficient (Wildman–Crippen LogP) is 14.9.